The van der Waals surface area contributed by atoms with E-state index in [0.717, 1.165) is 27.9 Å². The van der Waals surface area contributed by atoms with Crippen LogP contribution in [0.3, 0.4) is 0 Å². The number of hydrogen-bond donors (Lipinski definition) is 1. The molecule has 39 heavy (non-hydrogen) atoms. The van der Waals surface area contributed by atoms with E-state index in [2.05, 4.69) is 29.1 Å². The second-order valence-electron chi connectivity index (χ2n) is 11.3. The Hall–Kier alpha value is -3.24. The maximum atomic E-state index is 12.4. The predicted octanol–water partition coefficient (Wildman–Crippen LogP) is 5.93. The lowest BCUT2D eigenvalue weighted by Crippen LogP contribution is -2.35. The third-order valence-electron chi connectivity index (χ3n) is 5.78. The lowest BCUT2D eigenvalue weighted by molar-refractivity contribution is -0.141. The highest BCUT2D eigenvalue weighted by atomic mass is 32.3. The molecule has 10 heteroatoms. The molecule has 0 aliphatic heterocycles. The highest BCUT2D eigenvalue weighted by Gasteiger charge is 2.23. The number of nitrogens with one attached hydrogen (secondary N) is 1. The van der Waals surface area contributed by atoms with E-state index in [1.54, 1.807) is 39.1 Å². The van der Waals surface area contributed by atoms with Gasteiger partial charge in [-0.15, -0.1) is 0 Å². The molecule has 0 saturated heterocycles. The van der Waals surface area contributed by atoms with Crippen molar-refractivity contribution < 1.29 is 28.5 Å². The largest absolute Gasteiger partial charge is 0.469 e. The summed E-state index contributed by atoms with van der Waals surface area (Å²) in [7, 11) is 0.707. The molecule has 3 rings (SSSR count). The minimum atomic E-state index is -0.663. The van der Waals surface area contributed by atoms with Gasteiger partial charge in [-0.3, -0.25) is 4.79 Å². The van der Waals surface area contributed by atoms with E-state index in [1.807, 2.05) is 35.9 Å². The minimum Gasteiger partial charge on any atom is -0.469 e. The first kappa shape index (κ1) is 30.3. The fourth-order valence-electron chi connectivity index (χ4n) is 3.88. The predicted molar refractivity (Wildman–Crippen MR) is 156 cm³/mol. The lowest BCUT2D eigenvalue weighted by Gasteiger charge is -2.24. The normalized spacial score (nSPS) is 13.1. The molecule has 214 valence electrons. The Morgan fingerprint density at radius 2 is 1.79 bits per heavy atom. The molecule has 1 atom stereocenters. The van der Waals surface area contributed by atoms with Crippen LogP contribution in [0.25, 0.3) is 11.0 Å². The van der Waals surface area contributed by atoms with Crippen molar-refractivity contribution in [2.24, 2.45) is 0 Å². The van der Waals surface area contributed by atoms with Crippen molar-refractivity contribution in [2.75, 3.05) is 38.2 Å². The van der Waals surface area contributed by atoms with Crippen LogP contribution in [-0.2, 0) is 25.7 Å². The van der Waals surface area contributed by atoms with Crippen molar-refractivity contribution in [1.82, 2.24) is 14.9 Å². The van der Waals surface area contributed by atoms with Gasteiger partial charge in [0.25, 0.3) is 0 Å². The van der Waals surface area contributed by atoms with Gasteiger partial charge in [0, 0.05) is 18.1 Å². The molecule has 9 nitrogen and oxygen atoms in total. The topological polar surface area (TPSA) is 101 Å². The maximum absolute atomic E-state index is 12.4. The molecule has 2 aromatic heterocycles. The Labute approximate surface area is 232 Å². The fourth-order valence-corrected chi connectivity index (χ4v) is 4.50. The fraction of sp³-hybridized carbons (Fsp3) is 0.483. The van der Waals surface area contributed by atoms with E-state index in [0.29, 0.717) is 24.8 Å². The number of amides is 1. The number of esters is 1. The van der Waals surface area contributed by atoms with Crippen molar-refractivity contribution in [1.29, 1.82) is 0 Å². The first-order valence-electron chi connectivity index (χ1n) is 12.8. The summed E-state index contributed by atoms with van der Waals surface area (Å²) < 4.78 is 24.4. The highest BCUT2D eigenvalue weighted by Crippen LogP contribution is 2.35. The number of aryl methyl sites for hydroxylation is 1. The summed E-state index contributed by atoms with van der Waals surface area (Å²) in [6.45, 7) is 8.50. The van der Waals surface area contributed by atoms with Crippen LogP contribution in [0.2, 0.25) is 0 Å². The lowest BCUT2D eigenvalue weighted by atomic mass is 10.0. The first-order valence-corrected chi connectivity index (χ1v) is 15.8. The number of pyridine rings is 1. The molecular formula is C29H41N3O6S. The van der Waals surface area contributed by atoms with Crippen LogP contribution < -0.4 is 10.1 Å². The van der Waals surface area contributed by atoms with E-state index < -0.39 is 33.7 Å². The zero-order valence-corrected chi connectivity index (χ0v) is 25.0. The maximum Gasteiger partial charge on any atom is 0.408 e. The van der Waals surface area contributed by atoms with Gasteiger partial charge < -0.3 is 28.8 Å². The molecule has 0 radical (unpaired) electrons. The number of aromatic nitrogens is 2. The van der Waals surface area contributed by atoms with Gasteiger partial charge >= 0.3 is 12.1 Å². The van der Waals surface area contributed by atoms with Crippen molar-refractivity contribution in [3.63, 3.8) is 0 Å². The average molecular weight is 560 g/mol. The summed E-state index contributed by atoms with van der Waals surface area (Å²) in [6, 6.07) is 8.43. The zero-order chi connectivity index (χ0) is 28.8. The number of ether oxygens (including phenoxy) is 4. The van der Waals surface area contributed by atoms with Crippen molar-refractivity contribution in [3.05, 3.63) is 53.9 Å². The summed E-state index contributed by atoms with van der Waals surface area (Å²) >= 11 is 0. The summed E-state index contributed by atoms with van der Waals surface area (Å²) in [4.78, 5) is 29.0. The Morgan fingerprint density at radius 3 is 2.41 bits per heavy atom. The summed E-state index contributed by atoms with van der Waals surface area (Å²) in [6.07, 6.45) is 9.93. The van der Waals surface area contributed by atoms with Crippen LogP contribution in [0.15, 0.2) is 42.7 Å². The molecule has 1 unspecified atom stereocenters. The molecule has 0 fully saturated rings. The van der Waals surface area contributed by atoms with E-state index in [4.69, 9.17) is 18.9 Å². The molecule has 2 heterocycles. The Bertz CT molecular complexity index is 1280. The molecule has 1 aromatic carbocycles. The van der Waals surface area contributed by atoms with Gasteiger partial charge in [-0.05, 0) is 75.8 Å². The molecular weight excluding hydrogens is 518 g/mol. The molecule has 0 aliphatic carbocycles. The number of methoxy groups -OCH3 is 1. The molecule has 1 amide bonds. The van der Waals surface area contributed by atoms with Crippen molar-refractivity contribution >= 4 is 33.1 Å². The van der Waals surface area contributed by atoms with Gasteiger partial charge in [0.2, 0.25) is 0 Å². The molecule has 3 aromatic rings. The summed E-state index contributed by atoms with van der Waals surface area (Å²) in [5, 5.41) is 3.68. The number of carbonyl (C=O) groups is 2. The van der Waals surface area contributed by atoms with Gasteiger partial charge in [0.05, 0.1) is 31.6 Å². The third-order valence-corrected chi connectivity index (χ3v) is 7.17. The van der Waals surface area contributed by atoms with Crippen LogP contribution in [-0.4, -0.2) is 65.5 Å². The second-order valence-corrected chi connectivity index (χ2v) is 15.9. The number of hydrogen-bond acceptors (Lipinski definition) is 7. The zero-order valence-electron chi connectivity index (χ0n) is 24.2. The number of nitrogens with zero attached hydrogens (tertiary/aromatic N) is 2. The van der Waals surface area contributed by atoms with Crippen molar-refractivity contribution in [3.8, 4) is 11.5 Å². The van der Waals surface area contributed by atoms with Gasteiger partial charge in [-0.1, -0.05) is 12.1 Å². The van der Waals surface area contributed by atoms with E-state index >= 15 is 0 Å². The van der Waals surface area contributed by atoms with Gasteiger partial charge in [0.15, 0.2) is 0 Å². The van der Waals surface area contributed by atoms with E-state index in [1.165, 1.54) is 7.11 Å². The standard InChI is InChI=1S/C29H41N3O6S/c1-20-18-32(19-36-15-16-39(6,7)8)27-26(20)24(13-14-30-27)37-22-11-9-21(10-12-22)23(17-25(33)35-5)31-28(34)38-29(2,3)4/h9-14,18,23H,15-17,19H2,1-8H3,(H,31,34). The Morgan fingerprint density at radius 1 is 1.10 bits per heavy atom. The molecule has 0 saturated carbocycles. The van der Waals surface area contributed by atoms with E-state index in [9.17, 15) is 9.59 Å². The van der Waals surface area contributed by atoms with Gasteiger partial charge in [-0.25, -0.2) is 19.8 Å². The third kappa shape index (κ3) is 9.18. The summed E-state index contributed by atoms with van der Waals surface area (Å²) in [5.41, 5.74) is 1.89. The van der Waals surface area contributed by atoms with E-state index in [-0.39, 0.29) is 6.42 Å². The van der Waals surface area contributed by atoms with Crippen LogP contribution in [0, 0.1) is 6.92 Å². The molecule has 0 bridgehead atoms. The Balaban J connectivity index is 1.76. The molecule has 0 aliphatic rings. The number of benzene rings is 1. The number of fused-ring (bicyclic) bond motifs is 1. The second kappa shape index (κ2) is 12.7. The smallest absolute Gasteiger partial charge is 0.408 e. The number of carbonyl (C=O) groups excluding carboxylic acids is 2. The molecule has 1 N–H and O–H groups in total. The SMILES string of the molecule is COC(=O)CC(NC(=O)OC(C)(C)C)c1ccc(Oc2ccnc3c2c(C)cn3COCCS(C)(C)C)cc1. The number of rotatable bonds is 11. The Kier molecular flexibility index (Phi) is 9.90. The van der Waals surface area contributed by atoms with Gasteiger partial charge in [-0.2, -0.15) is 0 Å². The summed E-state index contributed by atoms with van der Waals surface area (Å²) in [5.74, 6) is 1.90. The highest BCUT2D eigenvalue weighted by molar-refractivity contribution is 8.32. The van der Waals surface area contributed by atoms with Gasteiger partial charge in [0.1, 0.15) is 29.5 Å². The average Bonchev–Trinajstić information content (AvgIpc) is 3.16. The number of alkyl carbamates (subject to hydrolysis) is 1. The monoisotopic (exact) mass is 559 g/mol. The van der Waals surface area contributed by atoms with Crippen molar-refractivity contribution in [2.45, 2.75) is 52.5 Å². The van der Waals surface area contributed by atoms with Crippen LogP contribution in [0.1, 0.15) is 44.4 Å². The molecule has 0 spiro atoms. The quantitative estimate of drug-likeness (QED) is 0.229. The van der Waals surface area contributed by atoms with Crippen LogP contribution in [0.4, 0.5) is 4.79 Å². The van der Waals surface area contributed by atoms with Crippen LogP contribution in [0.5, 0.6) is 11.5 Å². The minimum absolute atomic E-state index is 0.0350. The van der Waals surface area contributed by atoms with Crippen LogP contribution >= 0.6 is 10.0 Å². The first-order chi connectivity index (χ1) is 18.3.